The molecule has 0 aromatic heterocycles. The number of ether oxygens (including phenoxy) is 1. The van der Waals surface area contributed by atoms with Crippen molar-refractivity contribution in [2.75, 3.05) is 19.0 Å². The summed E-state index contributed by atoms with van der Waals surface area (Å²) < 4.78 is 31.1. The minimum Gasteiger partial charge on any atom is -0.484 e. The highest BCUT2D eigenvalue weighted by Gasteiger charge is 2.11. The summed E-state index contributed by atoms with van der Waals surface area (Å²) in [7, 11) is -2.15. The van der Waals surface area contributed by atoms with Gasteiger partial charge in [-0.25, -0.2) is 13.1 Å². The predicted octanol–water partition coefficient (Wildman–Crippen LogP) is 2.77. The van der Waals surface area contributed by atoms with Crippen LogP contribution in [0.4, 0.5) is 5.69 Å². The second-order valence-electron chi connectivity index (χ2n) is 5.58. The van der Waals surface area contributed by atoms with E-state index in [1.165, 1.54) is 31.3 Å². The zero-order valence-corrected chi connectivity index (χ0v) is 14.9. The van der Waals surface area contributed by atoms with Crippen molar-refractivity contribution < 1.29 is 17.9 Å². The maximum Gasteiger partial charge on any atom is 0.262 e. The van der Waals surface area contributed by atoms with E-state index in [1.54, 1.807) is 0 Å². The molecule has 0 aliphatic rings. The Bertz CT molecular complexity index is 1030. The number of benzene rings is 3. The third-order valence-electron chi connectivity index (χ3n) is 3.81. The summed E-state index contributed by atoms with van der Waals surface area (Å²) in [6.07, 6.45) is 0. The summed E-state index contributed by atoms with van der Waals surface area (Å²) in [6, 6.07) is 19.4. The summed E-state index contributed by atoms with van der Waals surface area (Å²) >= 11 is 0. The number of hydrogen-bond donors (Lipinski definition) is 2. The summed E-state index contributed by atoms with van der Waals surface area (Å²) in [5.74, 6) is 0.275. The van der Waals surface area contributed by atoms with Gasteiger partial charge in [-0.2, -0.15) is 0 Å². The Balaban J connectivity index is 1.60. The van der Waals surface area contributed by atoms with Gasteiger partial charge in [-0.3, -0.25) is 4.79 Å². The molecule has 134 valence electrons. The number of hydrogen-bond acceptors (Lipinski definition) is 4. The summed E-state index contributed by atoms with van der Waals surface area (Å²) in [5.41, 5.74) is 0.493. The van der Waals surface area contributed by atoms with Crippen LogP contribution >= 0.6 is 0 Å². The Morgan fingerprint density at radius 1 is 0.962 bits per heavy atom. The Morgan fingerprint density at radius 3 is 2.35 bits per heavy atom. The largest absolute Gasteiger partial charge is 0.484 e. The van der Waals surface area contributed by atoms with E-state index in [2.05, 4.69) is 10.0 Å². The molecule has 0 heterocycles. The molecular weight excluding hydrogens is 352 g/mol. The average Bonchev–Trinajstić information content (AvgIpc) is 2.66. The first-order valence-corrected chi connectivity index (χ1v) is 9.41. The van der Waals surface area contributed by atoms with Crippen molar-refractivity contribution in [3.63, 3.8) is 0 Å². The first kappa shape index (κ1) is 17.9. The van der Waals surface area contributed by atoms with Crippen molar-refractivity contribution in [2.24, 2.45) is 0 Å². The third-order valence-corrected chi connectivity index (χ3v) is 5.24. The highest BCUT2D eigenvalue weighted by Crippen LogP contribution is 2.20. The van der Waals surface area contributed by atoms with Crippen molar-refractivity contribution in [3.8, 4) is 5.75 Å². The molecule has 2 N–H and O–H groups in total. The summed E-state index contributed by atoms with van der Waals surface area (Å²) in [4.78, 5) is 12.2. The standard InChI is InChI=1S/C19H18N2O4S/c1-20-26(23,24)18-10-7-16(8-11-18)21-19(22)13-25-17-9-6-14-4-2-3-5-15(14)12-17/h2-12,20H,13H2,1H3,(H,21,22). The molecule has 0 saturated heterocycles. The minimum absolute atomic E-state index is 0.130. The SMILES string of the molecule is CNS(=O)(=O)c1ccc(NC(=O)COc2ccc3ccccc3c2)cc1. The second-order valence-corrected chi connectivity index (χ2v) is 7.46. The first-order chi connectivity index (χ1) is 12.5. The molecule has 0 bridgehead atoms. The topological polar surface area (TPSA) is 84.5 Å². The normalized spacial score (nSPS) is 11.3. The zero-order valence-electron chi connectivity index (χ0n) is 14.1. The number of amides is 1. The van der Waals surface area contributed by atoms with Gasteiger partial charge in [-0.1, -0.05) is 30.3 Å². The van der Waals surface area contributed by atoms with E-state index in [0.717, 1.165) is 10.8 Å². The Morgan fingerprint density at radius 2 is 1.65 bits per heavy atom. The van der Waals surface area contributed by atoms with Crippen LogP contribution in [-0.4, -0.2) is 28.0 Å². The van der Waals surface area contributed by atoms with Crippen LogP contribution in [0.3, 0.4) is 0 Å². The predicted molar refractivity (Wildman–Crippen MR) is 101 cm³/mol. The van der Waals surface area contributed by atoms with Gasteiger partial charge in [0, 0.05) is 5.69 Å². The van der Waals surface area contributed by atoms with E-state index in [-0.39, 0.29) is 17.4 Å². The van der Waals surface area contributed by atoms with Crippen LogP contribution < -0.4 is 14.8 Å². The molecule has 0 aliphatic carbocycles. The average molecular weight is 370 g/mol. The number of sulfonamides is 1. The van der Waals surface area contributed by atoms with Gasteiger partial charge in [-0.15, -0.1) is 0 Å². The number of anilines is 1. The Kier molecular flexibility index (Phi) is 5.20. The van der Waals surface area contributed by atoms with E-state index >= 15 is 0 Å². The lowest BCUT2D eigenvalue weighted by Gasteiger charge is -2.09. The van der Waals surface area contributed by atoms with Crippen LogP contribution in [0.15, 0.2) is 71.6 Å². The third kappa shape index (κ3) is 4.19. The molecule has 0 aliphatic heterocycles. The van der Waals surface area contributed by atoms with E-state index in [1.807, 2.05) is 42.5 Å². The maximum atomic E-state index is 12.0. The van der Waals surface area contributed by atoms with Crippen LogP contribution in [0.1, 0.15) is 0 Å². The highest BCUT2D eigenvalue weighted by molar-refractivity contribution is 7.89. The quantitative estimate of drug-likeness (QED) is 0.699. The van der Waals surface area contributed by atoms with Crippen LogP contribution in [0.2, 0.25) is 0 Å². The van der Waals surface area contributed by atoms with Crippen molar-refractivity contribution in [1.82, 2.24) is 4.72 Å². The van der Waals surface area contributed by atoms with Crippen LogP contribution in [0.25, 0.3) is 10.8 Å². The van der Waals surface area contributed by atoms with Gasteiger partial charge in [0.1, 0.15) is 5.75 Å². The van der Waals surface area contributed by atoms with Gasteiger partial charge < -0.3 is 10.1 Å². The van der Waals surface area contributed by atoms with Crippen LogP contribution in [0.5, 0.6) is 5.75 Å². The van der Waals surface area contributed by atoms with Gasteiger partial charge in [0.15, 0.2) is 6.61 Å². The molecule has 0 radical (unpaired) electrons. The van der Waals surface area contributed by atoms with E-state index in [9.17, 15) is 13.2 Å². The number of nitrogens with one attached hydrogen (secondary N) is 2. The van der Waals surface area contributed by atoms with Crippen molar-refractivity contribution >= 4 is 32.4 Å². The lowest BCUT2D eigenvalue weighted by molar-refractivity contribution is -0.118. The van der Waals surface area contributed by atoms with E-state index in [4.69, 9.17) is 4.74 Å². The molecular formula is C19H18N2O4S. The lowest BCUT2D eigenvalue weighted by Crippen LogP contribution is -2.20. The fourth-order valence-electron chi connectivity index (χ4n) is 2.44. The molecule has 3 aromatic rings. The number of carbonyl (C=O) groups is 1. The number of carbonyl (C=O) groups excluding carboxylic acids is 1. The van der Waals surface area contributed by atoms with E-state index in [0.29, 0.717) is 11.4 Å². The molecule has 3 rings (SSSR count). The molecule has 3 aromatic carbocycles. The van der Waals surface area contributed by atoms with Gasteiger partial charge in [0.05, 0.1) is 4.90 Å². The van der Waals surface area contributed by atoms with Crippen molar-refractivity contribution in [3.05, 3.63) is 66.7 Å². The zero-order chi connectivity index (χ0) is 18.6. The first-order valence-electron chi connectivity index (χ1n) is 7.93. The molecule has 6 nitrogen and oxygen atoms in total. The van der Waals surface area contributed by atoms with Crippen molar-refractivity contribution in [1.29, 1.82) is 0 Å². The number of fused-ring (bicyclic) bond motifs is 1. The summed E-state index contributed by atoms with van der Waals surface area (Å²) in [6.45, 7) is -0.144. The highest BCUT2D eigenvalue weighted by atomic mass is 32.2. The van der Waals surface area contributed by atoms with Gasteiger partial charge >= 0.3 is 0 Å². The summed E-state index contributed by atoms with van der Waals surface area (Å²) in [5, 5.41) is 4.80. The molecule has 0 saturated carbocycles. The molecule has 1 amide bonds. The molecule has 0 spiro atoms. The van der Waals surface area contributed by atoms with Crippen LogP contribution in [0, 0.1) is 0 Å². The number of rotatable bonds is 6. The monoisotopic (exact) mass is 370 g/mol. The molecule has 0 atom stereocenters. The Hall–Kier alpha value is -2.90. The molecule has 0 fully saturated rings. The van der Waals surface area contributed by atoms with E-state index < -0.39 is 10.0 Å². The second kappa shape index (κ2) is 7.55. The molecule has 26 heavy (non-hydrogen) atoms. The minimum atomic E-state index is -3.50. The lowest BCUT2D eigenvalue weighted by atomic mass is 10.1. The smallest absolute Gasteiger partial charge is 0.262 e. The van der Waals surface area contributed by atoms with Crippen molar-refractivity contribution in [2.45, 2.75) is 4.90 Å². The van der Waals surface area contributed by atoms with Gasteiger partial charge in [0.2, 0.25) is 10.0 Å². The Labute approximate surface area is 151 Å². The maximum absolute atomic E-state index is 12.0. The van der Waals surface area contributed by atoms with Gasteiger partial charge in [0.25, 0.3) is 5.91 Å². The van der Waals surface area contributed by atoms with Crippen LogP contribution in [-0.2, 0) is 14.8 Å². The molecule has 0 unspecified atom stereocenters. The fraction of sp³-hybridized carbons (Fsp3) is 0.105. The van der Waals surface area contributed by atoms with Gasteiger partial charge in [-0.05, 0) is 54.2 Å². The fourth-order valence-corrected chi connectivity index (χ4v) is 3.17. The molecule has 7 heteroatoms.